The summed E-state index contributed by atoms with van der Waals surface area (Å²) >= 11 is 1.58. The van der Waals surface area contributed by atoms with Crippen LogP contribution >= 0.6 is 11.9 Å². The van der Waals surface area contributed by atoms with Crippen molar-refractivity contribution in [1.82, 2.24) is 9.71 Å². The van der Waals surface area contributed by atoms with Crippen LogP contribution in [0.2, 0.25) is 0 Å². The molecule has 0 bridgehead atoms. The summed E-state index contributed by atoms with van der Waals surface area (Å²) in [6, 6.07) is 11.2. The molecule has 0 amide bonds. The molecule has 1 aromatic heterocycles. The molecule has 0 fully saturated rings. The smallest absolute Gasteiger partial charge is 0.125 e. The van der Waals surface area contributed by atoms with Gasteiger partial charge in [-0.1, -0.05) is 6.07 Å². The molecule has 0 aliphatic carbocycles. The van der Waals surface area contributed by atoms with Gasteiger partial charge in [-0.2, -0.15) is 0 Å². The predicted octanol–water partition coefficient (Wildman–Crippen LogP) is 3.84. The topological polar surface area (TPSA) is 53.8 Å². The fourth-order valence-electron chi connectivity index (χ4n) is 2.49. The van der Waals surface area contributed by atoms with Gasteiger partial charge in [-0.3, -0.25) is 4.72 Å². The Balaban J connectivity index is 1.99. The van der Waals surface area contributed by atoms with E-state index in [1.165, 1.54) is 17.7 Å². The zero-order valence-electron chi connectivity index (χ0n) is 12.3. The van der Waals surface area contributed by atoms with E-state index in [1.54, 1.807) is 11.9 Å². The lowest BCUT2D eigenvalue weighted by molar-refractivity contribution is 0.629. The maximum atomic E-state index is 13.3. The van der Waals surface area contributed by atoms with E-state index in [9.17, 15) is 4.39 Å². The average molecular weight is 315 g/mol. The van der Waals surface area contributed by atoms with Crippen molar-refractivity contribution >= 4 is 22.9 Å². The predicted molar refractivity (Wildman–Crippen MR) is 91.3 cm³/mol. The number of benzene rings is 2. The number of H-pyrrole nitrogens is 1. The molecular formula is C17H18FN3S. The highest BCUT2D eigenvalue weighted by Gasteiger charge is 2.08. The average Bonchev–Trinajstić information content (AvgIpc) is 2.90. The van der Waals surface area contributed by atoms with Gasteiger partial charge < -0.3 is 10.7 Å². The van der Waals surface area contributed by atoms with Crippen LogP contribution in [0.4, 0.5) is 4.39 Å². The third kappa shape index (κ3) is 3.16. The summed E-state index contributed by atoms with van der Waals surface area (Å²) in [4.78, 5) is 4.28. The minimum Gasteiger partial charge on any atom is -0.360 e. The lowest BCUT2D eigenvalue weighted by Gasteiger charge is -2.07. The minimum absolute atomic E-state index is 0.229. The van der Waals surface area contributed by atoms with Crippen molar-refractivity contribution < 1.29 is 4.39 Å². The van der Waals surface area contributed by atoms with E-state index in [0.717, 1.165) is 33.5 Å². The Labute approximate surface area is 133 Å². The SMILES string of the molecule is Cc1cc(SNCCN)cc(-c2c[nH]c3cc(F)ccc23)c1. The summed E-state index contributed by atoms with van der Waals surface area (Å²) in [6.07, 6.45) is 1.93. The number of rotatable bonds is 5. The molecular weight excluding hydrogens is 297 g/mol. The number of aromatic amines is 1. The van der Waals surface area contributed by atoms with Crippen LogP contribution in [0, 0.1) is 12.7 Å². The van der Waals surface area contributed by atoms with Crippen LogP contribution in [0.1, 0.15) is 5.56 Å². The van der Waals surface area contributed by atoms with Crippen LogP contribution in [-0.2, 0) is 0 Å². The highest BCUT2D eigenvalue weighted by molar-refractivity contribution is 7.97. The molecule has 0 aliphatic heterocycles. The van der Waals surface area contributed by atoms with Crippen LogP contribution in [0.15, 0.2) is 47.5 Å². The third-order valence-electron chi connectivity index (χ3n) is 3.44. The molecule has 3 rings (SSSR count). The molecule has 0 spiro atoms. The van der Waals surface area contributed by atoms with Crippen molar-refractivity contribution in [2.75, 3.05) is 13.1 Å². The lowest BCUT2D eigenvalue weighted by Crippen LogP contribution is -2.15. The summed E-state index contributed by atoms with van der Waals surface area (Å²) in [5.74, 6) is -0.229. The molecule has 0 unspecified atom stereocenters. The lowest BCUT2D eigenvalue weighted by atomic mass is 10.0. The Hall–Kier alpha value is -1.82. The Kier molecular flexibility index (Phi) is 4.47. The second-order valence-corrected chi connectivity index (χ2v) is 6.18. The van der Waals surface area contributed by atoms with Gasteiger partial charge in [0.25, 0.3) is 0 Å². The fraction of sp³-hybridized carbons (Fsp3) is 0.176. The normalized spacial score (nSPS) is 11.2. The minimum atomic E-state index is -0.229. The fourth-order valence-corrected chi connectivity index (χ4v) is 3.31. The van der Waals surface area contributed by atoms with Gasteiger partial charge in [0, 0.05) is 40.6 Å². The molecule has 0 radical (unpaired) electrons. The van der Waals surface area contributed by atoms with E-state index in [-0.39, 0.29) is 5.82 Å². The van der Waals surface area contributed by atoms with Crippen molar-refractivity contribution in [1.29, 1.82) is 0 Å². The van der Waals surface area contributed by atoms with E-state index in [2.05, 4.69) is 34.8 Å². The zero-order chi connectivity index (χ0) is 15.5. The molecule has 4 N–H and O–H groups in total. The number of hydrogen-bond donors (Lipinski definition) is 3. The first kappa shape index (κ1) is 15.1. The van der Waals surface area contributed by atoms with Gasteiger partial charge in [0.2, 0.25) is 0 Å². The van der Waals surface area contributed by atoms with Crippen molar-refractivity contribution in [3.8, 4) is 11.1 Å². The third-order valence-corrected chi connectivity index (χ3v) is 4.26. The van der Waals surface area contributed by atoms with E-state index < -0.39 is 0 Å². The Morgan fingerprint density at radius 2 is 2.09 bits per heavy atom. The molecule has 22 heavy (non-hydrogen) atoms. The first-order chi connectivity index (χ1) is 10.7. The molecule has 1 heterocycles. The van der Waals surface area contributed by atoms with Gasteiger partial charge in [-0.25, -0.2) is 4.39 Å². The van der Waals surface area contributed by atoms with Gasteiger partial charge in [0.1, 0.15) is 5.82 Å². The van der Waals surface area contributed by atoms with Crippen LogP contribution in [0.5, 0.6) is 0 Å². The summed E-state index contributed by atoms with van der Waals surface area (Å²) in [5.41, 5.74) is 9.69. The van der Waals surface area contributed by atoms with Crippen LogP contribution in [0.3, 0.4) is 0 Å². The second kappa shape index (κ2) is 6.52. The highest BCUT2D eigenvalue weighted by Crippen LogP contribution is 2.32. The molecule has 5 heteroatoms. The van der Waals surface area contributed by atoms with Crippen molar-refractivity contribution in [2.45, 2.75) is 11.8 Å². The maximum absolute atomic E-state index is 13.3. The standard InChI is InChI=1S/C17H18FN3S/c1-11-6-12(8-14(7-11)22-21-5-4-19)16-10-20-17-9-13(18)2-3-15(16)17/h2-3,6-10,20-21H,4-5,19H2,1H3. The molecule has 0 aliphatic rings. The molecule has 0 saturated heterocycles. The van der Waals surface area contributed by atoms with Gasteiger partial charge >= 0.3 is 0 Å². The van der Waals surface area contributed by atoms with Crippen LogP contribution in [0.25, 0.3) is 22.0 Å². The van der Waals surface area contributed by atoms with Crippen molar-refractivity contribution in [3.63, 3.8) is 0 Å². The Morgan fingerprint density at radius 3 is 2.91 bits per heavy atom. The Bertz CT molecular complexity index is 798. The highest BCUT2D eigenvalue weighted by atomic mass is 32.2. The van der Waals surface area contributed by atoms with Gasteiger partial charge in [0.05, 0.1) is 0 Å². The van der Waals surface area contributed by atoms with Gasteiger partial charge in [0.15, 0.2) is 0 Å². The molecule has 0 saturated carbocycles. The van der Waals surface area contributed by atoms with E-state index in [4.69, 9.17) is 5.73 Å². The largest absolute Gasteiger partial charge is 0.360 e. The number of nitrogens with two attached hydrogens (primary N) is 1. The number of fused-ring (bicyclic) bond motifs is 1. The van der Waals surface area contributed by atoms with Crippen LogP contribution in [-0.4, -0.2) is 18.1 Å². The van der Waals surface area contributed by atoms with E-state index >= 15 is 0 Å². The second-order valence-electron chi connectivity index (χ2n) is 5.21. The summed E-state index contributed by atoms with van der Waals surface area (Å²) in [7, 11) is 0. The zero-order valence-corrected chi connectivity index (χ0v) is 13.1. The van der Waals surface area contributed by atoms with Crippen molar-refractivity contribution in [2.24, 2.45) is 5.73 Å². The molecule has 2 aromatic carbocycles. The maximum Gasteiger partial charge on any atom is 0.125 e. The first-order valence-corrected chi connectivity index (χ1v) is 7.97. The first-order valence-electron chi connectivity index (χ1n) is 7.16. The van der Waals surface area contributed by atoms with Gasteiger partial charge in [-0.05, 0) is 60.3 Å². The summed E-state index contributed by atoms with van der Waals surface area (Å²) < 4.78 is 16.5. The Morgan fingerprint density at radius 1 is 1.23 bits per heavy atom. The number of aryl methyl sites for hydroxylation is 1. The van der Waals surface area contributed by atoms with E-state index in [0.29, 0.717) is 6.54 Å². The molecule has 114 valence electrons. The molecule has 3 aromatic rings. The van der Waals surface area contributed by atoms with Crippen LogP contribution < -0.4 is 10.5 Å². The monoisotopic (exact) mass is 315 g/mol. The van der Waals surface area contributed by atoms with E-state index in [1.807, 2.05) is 12.3 Å². The number of halogens is 1. The summed E-state index contributed by atoms with van der Waals surface area (Å²) in [6.45, 7) is 3.45. The van der Waals surface area contributed by atoms with Crippen molar-refractivity contribution in [3.05, 3.63) is 54.0 Å². The quantitative estimate of drug-likeness (QED) is 0.495. The summed E-state index contributed by atoms with van der Waals surface area (Å²) in [5, 5.41) is 1.03. The number of nitrogens with one attached hydrogen (secondary N) is 2. The van der Waals surface area contributed by atoms with Gasteiger partial charge in [-0.15, -0.1) is 0 Å². The molecule has 0 atom stereocenters. The number of aromatic nitrogens is 1. The molecule has 3 nitrogen and oxygen atoms in total. The number of hydrogen-bond acceptors (Lipinski definition) is 3.